The molecule has 0 unspecified atom stereocenters. The average Bonchev–Trinajstić information content (AvgIpc) is 3.29. The maximum atomic E-state index is 13.3. The Labute approximate surface area is 200 Å². The molecule has 0 radical (unpaired) electrons. The molecule has 2 atom stereocenters. The molecule has 4 rings (SSSR count). The highest BCUT2D eigenvalue weighted by Crippen LogP contribution is 2.37. The van der Waals surface area contributed by atoms with Crippen LogP contribution in [0.2, 0.25) is 0 Å². The highest BCUT2D eigenvalue weighted by molar-refractivity contribution is 7.91. The number of methoxy groups -OCH3 is 1. The number of nitrogen functional groups attached to an aromatic ring is 1. The Balaban J connectivity index is 1.73. The minimum Gasteiger partial charge on any atom is -0.482 e. The van der Waals surface area contributed by atoms with Crippen LogP contribution in [0.5, 0.6) is 11.6 Å². The third-order valence-corrected chi connectivity index (χ3v) is 6.85. The van der Waals surface area contributed by atoms with Crippen LogP contribution in [0.3, 0.4) is 0 Å². The molecule has 2 aliphatic heterocycles. The Hall–Kier alpha value is -3.26. The number of hydrogen-bond acceptors (Lipinski definition) is 8. The Morgan fingerprint density at radius 3 is 2.66 bits per heavy atom. The summed E-state index contributed by atoms with van der Waals surface area (Å²) in [5, 5.41) is 2.89. The molecule has 0 saturated carbocycles. The van der Waals surface area contributed by atoms with Crippen molar-refractivity contribution in [1.82, 2.24) is 10.3 Å². The number of anilines is 2. The number of benzene rings is 1. The first-order valence-corrected chi connectivity index (χ1v) is 12.0. The zero-order valence-electron chi connectivity index (χ0n) is 19.1. The van der Waals surface area contributed by atoms with Gasteiger partial charge in [-0.15, -0.1) is 4.40 Å². The van der Waals surface area contributed by atoms with E-state index in [1.807, 2.05) is 0 Å². The fraction of sp³-hybridized carbons (Fsp3) is 0.429. The first kappa shape index (κ1) is 24.9. The summed E-state index contributed by atoms with van der Waals surface area (Å²) in [4.78, 5) is 4.31. The van der Waals surface area contributed by atoms with Gasteiger partial charge in [-0.3, -0.25) is 0 Å². The van der Waals surface area contributed by atoms with E-state index in [1.54, 1.807) is 6.92 Å². The van der Waals surface area contributed by atoms with E-state index in [1.165, 1.54) is 26.3 Å². The first-order chi connectivity index (χ1) is 16.4. The molecule has 0 spiro atoms. The minimum atomic E-state index is -4.60. The summed E-state index contributed by atoms with van der Waals surface area (Å²) in [6.07, 6.45) is -4.18. The van der Waals surface area contributed by atoms with Crippen molar-refractivity contribution >= 4 is 27.6 Å². The highest BCUT2D eigenvalue weighted by Gasteiger charge is 2.34. The molecule has 3 N–H and O–H groups in total. The number of aromatic nitrogens is 1. The second kappa shape index (κ2) is 9.07. The van der Waals surface area contributed by atoms with Crippen molar-refractivity contribution in [1.29, 1.82) is 0 Å². The molecule has 0 aliphatic carbocycles. The molecular weight excluding hydrogens is 491 g/mol. The Morgan fingerprint density at radius 2 is 2.03 bits per heavy atom. The second-order valence-electron chi connectivity index (χ2n) is 8.11. The van der Waals surface area contributed by atoms with E-state index >= 15 is 0 Å². The van der Waals surface area contributed by atoms with Gasteiger partial charge in [-0.2, -0.15) is 26.6 Å². The number of amidine groups is 1. The number of ether oxygens (including phenoxy) is 3. The highest BCUT2D eigenvalue weighted by atomic mass is 32.2. The third kappa shape index (κ3) is 5.07. The average molecular weight is 516 g/mol. The number of pyridine rings is 1. The van der Waals surface area contributed by atoms with Gasteiger partial charge in [0, 0.05) is 25.2 Å². The van der Waals surface area contributed by atoms with Gasteiger partial charge in [0.05, 0.1) is 37.5 Å². The fourth-order valence-electron chi connectivity index (χ4n) is 3.72. The molecule has 1 aromatic heterocycles. The third-order valence-electron chi connectivity index (χ3n) is 5.57. The van der Waals surface area contributed by atoms with E-state index < -0.39 is 28.0 Å². The van der Waals surface area contributed by atoms with Crippen molar-refractivity contribution in [2.75, 3.05) is 37.4 Å². The molecule has 0 amide bonds. The molecule has 2 aromatic rings. The zero-order chi connectivity index (χ0) is 25.5. The van der Waals surface area contributed by atoms with Gasteiger partial charge < -0.3 is 25.3 Å². The van der Waals surface area contributed by atoms with Gasteiger partial charge >= 0.3 is 16.4 Å². The van der Waals surface area contributed by atoms with Crippen LogP contribution < -0.4 is 24.8 Å². The molecule has 2 aliphatic rings. The van der Waals surface area contributed by atoms with Crippen LogP contribution in [-0.4, -0.2) is 52.7 Å². The summed E-state index contributed by atoms with van der Waals surface area (Å²) >= 11 is 0. The lowest BCUT2D eigenvalue weighted by atomic mass is 10.0. The van der Waals surface area contributed by atoms with Crippen LogP contribution in [-0.2, 0) is 21.1 Å². The summed E-state index contributed by atoms with van der Waals surface area (Å²) in [6, 6.07) is 3.89. The van der Waals surface area contributed by atoms with Crippen molar-refractivity contribution in [3.8, 4) is 11.6 Å². The maximum absolute atomic E-state index is 13.3. The molecule has 14 heteroatoms. The van der Waals surface area contributed by atoms with E-state index in [0.29, 0.717) is 19.6 Å². The summed E-state index contributed by atoms with van der Waals surface area (Å²) in [5.41, 5.74) is 5.15. The Morgan fingerprint density at radius 1 is 1.29 bits per heavy atom. The number of alkyl halides is 3. The van der Waals surface area contributed by atoms with Gasteiger partial charge in [0.15, 0.2) is 17.4 Å². The fourth-order valence-corrected chi connectivity index (χ4v) is 4.58. The van der Waals surface area contributed by atoms with E-state index in [2.05, 4.69) is 14.7 Å². The summed E-state index contributed by atoms with van der Waals surface area (Å²) in [6.45, 7) is 2.48. The second-order valence-corrected chi connectivity index (χ2v) is 9.73. The summed E-state index contributed by atoms with van der Waals surface area (Å²) in [7, 11) is -1.52. The van der Waals surface area contributed by atoms with Gasteiger partial charge in [0.1, 0.15) is 6.10 Å². The van der Waals surface area contributed by atoms with Gasteiger partial charge in [0.25, 0.3) is 5.88 Å². The quantitative estimate of drug-likeness (QED) is 0.582. The van der Waals surface area contributed by atoms with Crippen LogP contribution in [0.1, 0.15) is 36.1 Å². The molecular formula is C21H24F3N5O5S. The lowest BCUT2D eigenvalue weighted by molar-refractivity contribution is -0.137. The number of halogens is 3. The predicted octanol–water partition coefficient (Wildman–Crippen LogP) is 2.65. The van der Waals surface area contributed by atoms with Gasteiger partial charge in [-0.05, 0) is 30.7 Å². The Kier molecular flexibility index (Phi) is 6.44. The van der Waals surface area contributed by atoms with E-state index in [4.69, 9.17) is 19.9 Å². The van der Waals surface area contributed by atoms with Crippen molar-refractivity contribution < 1.29 is 35.8 Å². The summed E-state index contributed by atoms with van der Waals surface area (Å²) in [5.74, 6) is 0.229. The van der Waals surface area contributed by atoms with E-state index in [0.717, 1.165) is 16.4 Å². The molecule has 1 fully saturated rings. The van der Waals surface area contributed by atoms with Gasteiger partial charge in [0.2, 0.25) is 0 Å². The van der Waals surface area contributed by atoms with Crippen LogP contribution in [0.25, 0.3) is 0 Å². The van der Waals surface area contributed by atoms with Crippen molar-refractivity contribution in [2.45, 2.75) is 31.7 Å². The van der Waals surface area contributed by atoms with Gasteiger partial charge in [-0.25, -0.2) is 4.31 Å². The van der Waals surface area contributed by atoms with Crippen molar-refractivity contribution in [3.63, 3.8) is 0 Å². The minimum absolute atomic E-state index is 0.0186. The van der Waals surface area contributed by atoms with Crippen LogP contribution >= 0.6 is 0 Å². The topological polar surface area (TPSA) is 128 Å². The number of nitrogens with two attached hydrogens (primary N) is 1. The Bertz CT molecular complexity index is 1260. The van der Waals surface area contributed by atoms with E-state index in [9.17, 15) is 21.6 Å². The number of hydrogen-bond donors (Lipinski definition) is 2. The number of rotatable bonds is 5. The molecule has 3 heterocycles. The molecule has 1 saturated heterocycles. The zero-order valence-corrected chi connectivity index (χ0v) is 19.9. The standard InChI is InChI=1S/C21H24F3N5O5S/c1-11(12-6-13(21(22,23)24)8-14(25)7-12)26-18-16-9-17(34-15-4-5-33-10-15)20(32-3)27-19(16)29(2)35(30,31)28-18/h6-9,11,15H,4-5,10,25H2,1-3H3,(H,26,28)/t11-,15+/m1/s1. The van der Waals surface area contributed by atoms with E-state index in [-0.39, 0.29) is 46.2 Å². The summed E-state index contributed by atoms with van der Waals surface area (Å²) < 4.78 is 86.4. The van der Waals surface area contributed by atoms with Crippen molar-refractivity contribution in [2.24, 2.45) is 4.40 Å². The smallest absolute Gasteiger partial charge is 0.416 e. The SMILES string of the molecule is COc1nc2c(cc1O[C@H]1CCOC1)C(N[C@H](C)c1cc(N)cc(C(F)(F)F)c1)=NS(=O)(=O)N2C. The number of nitrogens with one attached hydrogen (secondary N) is 1. The maximum Gasteiger partial charge on any atom is 0.416 e. The number of fused-ring (bicyclic) bond motifs is 1. The normalized spacial score (nSPS) is 20.1. The van der Waals surface area contributed by atoms with Crippen molar-refractivity contribution in [3.05, 3.63) is 41.0 Å². The molecule has 35 heavy (non-hydrogen) atoms. The van der Waals surface area contributed by atoms with Crippen LogP contribution in [0.4, 0.5) is 24.7 Å². The number of nitrogens with zero attached hydrogens (tertiary/aromatic N) is 3. The van der Waals surface area contributed by atoms with Crippen LogP contribution in [0.15, 0.2) is 28.7 Å². The largest absolute Gasteiger partial charge is 0.482 e. The first-order valence-electron chi connectivity index (χ1n) is 10.6. The molecule has 0 bridgehead atoms. The lowest BCUT2D eigenvalue weighted by Gasteiger charge is -2.28. The molecule has 190 valence electrons. The van der Waals surface area contributed by atoms with Crippen LogP contribution in [0, 0.1) is 0 Å². The molecule has 10 nitrogen and oxygen atoms in total. The lowest BCUT2D eigenvalue weighted by Crippen LogP contribution is -2.38. The monoisotopic (exact) mass is 515 g/mol. The predicted molar refractivity (Wildman–Crippen MR) is 122 cm³/mol. The molecule has 1 aromatic carbocycles. The van der Waals surface area contributed by atoms with Gasteiger partial charge in [-0.1, -0.05) is 0 Å².